The van der Waals surface area contributed by atoms with Crippen molar-refractivity contribution < 1.29 is 0 Å². The molecule has 2 heterocycles. The van der Waals surface area contributed by atoms with Crippen LogP contribution in [0.1, 0.15) is 0 Å². The Labute approximate surface area is 50.3 Å². The third-order valence-corrected chi connectivity index (χ3v) is 1.95. The Hall–Kier alpha value is -0.830. The van der Waals surface area contributed by atoms with E-state index in [1.165, 1.54) is 4.70 Å². The van der Waals surface area contributed by atoms with Crippen molar-refractivity contribution in [2.75, 3.05) is 0 Å². The highest BCUT2D eigenvalue weighted by Gasteiger charge is 1.92. The molecule has 0 saturated carbocycles. The van der Waals surface area contributed by atoms with E-state index in [9.17, 15) is 0 Å². The van der Waals surface area contributed by atoms with E-state index in [0.717, 1.165) is 5.52 Å². The van der Waals surface area contributed by atoms with Crippen molar-refractivity contribution in [1.82, 2.24) is 9.36 Å². The number of aromatic nitrogens is 2. The number of nitrogens with zero attached hydrogens (tertiary/aromatic N) is 1. The van der Waals surface area contributed by atoms with Crippen molar-refractivity contribution in [3.8, 4) is 0 Å². The molecule has 0 spiro atoms. The lowest BCUT2D eigenvalue weighted by molar-refractivity contribution is 1.35. The van der Waals surface area contributed by atoms with E-state index in [1.807, 2.05) is 12.3 Å². The van der Waals surface area contributed by atoms with E-state index in [-0.39, 0.29) is 0 Å². The first-order valence-corrected chi connectivity index (χ1v) is 3.15. The normalized spacial score (nSPS) is 10.5. The Kier molecular flexibility index (Phi) is 0.676. The van der Waals surface area contributed by atoms with Gasteiger partial charge >= 0.3 is 0 Å². The molecular formula is C5H4N2S. The van der Waals surface area contributed by atoms with Gasteiger partial charge in [-0.15, -0.1) is 0 Å². The second-order valence-electron chi connectivity index (χ2n) is 1.58. The van der Waals surface area contributed by atoms with Crippen molar-refractivity contribution in [1.29, 1.82) is 0 Å². The highest BCUT2D eigenvalue weighted by atomic mass is 32.1. The Bertz CT molecular complexity index is 253. The zero-order valence-electron chi connectivity index (χ0n) is 4.09. The van der Waals surface area contributed by atoms with Gasteiger partial charge in [0.25, 0.3) is 0 Å². The Morgan fingerprint density at radius 2 is 2.62 bits per heavy atom. The lowest BCUT2D eigenvalue weighted by Gasteiger charge is -1.95. The maximum Gasteiger partial charge on any atom is 0.0849 e. The van der Waals surface area contributed by atoms with Crippen LogP contribution in [-0.2, 0) is 0 Å². The minimum absolute atomic E-state index is 1.15. The Morgan fingerprint density at radius 3 is 3.00 bits per heavy atom. The summed E-state index contributed by atoms with van der Waals surface area (Å²) in [6.07, 6.45) is 3.62. The molecule has 0 fully saturated rings. The van der Waals surface area contributed by atoms with Crippen LogP contribution in [0, 0.1) is 0 Å². The van der Waals surface area contributed by atoms with Crippen LogP contribution in [0.3, 0.4) is 0 Å². The summed E-state index contributed by atoms with van der Waals surface area (Å²) in [5.74, 6) is 0. The van der Waals surface area contributed by atoms with Crippen molar-refractivity contribution >= 4 is 21.7 Å². The predicted octanol–water partition coefficient (Wildman–Crippen LogP) is 1.62. The summed E-state index contributed by atoms with van der Waals surface area (Å²) in [7, 11) is 0. The van der Waals surface area contributed by atoms with Crippen LogP contribution < -0.4 is 0 Å². The number of pyridine rings is 1. The largest absolute Gasteiger partial charge is 0.308 e. The molecule has 1 N–H and O–H groups in total. The van der Waals surface area contributed by atoms with Crippen LogP contribution in [0.2, 0.25) is 0 Å². The maximum atomic E-state index is 3.92. The molecule has 3 heteroatoms. The molecule has 0 bridgehead atoms. The molecule has 8 heavy (non-hydrogen) atoms. The van der Waals surface area contributed by atoms with Crippen molar-refractivity contribution in [3.63, 3.8) is 0 Å². The van der Waals surface area contributed by atoms with Crippen molar-refractivity contribution in [2.24, 2.45) is 0 Å². The first-order valence-electron chi connectivity index (χ1n) is 2.34. The number of rotatable bonds is 0. The first-order chi connectivity index (χ1) is 3.97. The van der Waals surface area contributed by atoms with Gasteiger partial charge < -0.3 is 4.37 Å². The molecule has 0 aromatic carbocycles. The number of nitrogens with one attached hydrogen (secondary N) is 1. The molecule has 2 aromatic heterocycles. The summed E-state index contributed by atoms with van der Waals surface area (Å²) in [6.45, 7) is 0. The van der Waals surface area contributed by atoms with Gasteiger partial charge in [-0.3, -0.25) is 4.98 Å². The highest BCUT2D eigenvalue weighted by molar-refractivity contribution is 7.15. The quantitative estimate of drug-likeness (QED) is 0.568. The molecule has 0 unspecified atom stereocenters. The van der Waals surface area contributed by atoms with E-state index >= 15 is 0 Å². The van der Waals surface area contributed by atoms with E-state index in [1.54, 1.807) is 17.7 Å². The standard InChI is InChI=1S/C5H4N2S/c1-2-6-3-4-5(1)8-7-4/h1-3,7H. The Balaban J connectivity index is 2.88. The molecule has 0 radical (unpaired) electrons. The lowest BCUT2D eigenvalue weighted by atomic mass is 10.5. The van der Waals surface area contributed by atoms with Gasteiger partial charge in [0.1, 0.15) is 0 Å². The van der Waals surface area contributed by atoms with Gasteiger partial charge in [0, 0.05) is 6.20 Å². The summed E-state index contributed by atoms with van der Waals surface area (Å²) in [5, 5.41) is 0. The van der Waals surface area contributed by atoms with Crippen LogP contribution in [-0.4, -0.2) is 9.36 Å². The fourth-order valence-corrected chi connectivity index (χ4v) is 1.18. The second kappa shape index (κ2) is 1.32. The molecule has 2 nitrogen and oxygen atoms in total. The van der Waals surface area contributed by atoms with E-state index < -0.39 is 0 Å². The molecule has 0 aliphatic heterocycles. The average molecular weight is 124 g/mol. The van der Waals surface area contributed by atoms with Crippen LogP contribution >= 0.6 is 11.5 Å². The fourth-order valence-electron chi connectivity index (χ4n) is 0.611. The molecule has 0 aliphatic carbocycles. The summed E-state index contributed by atoms with van der Waals surface area (Å²) >= 11 is 1.64. The monoisotopic (exact) mass is 124 g/mol. The minimum atomic E-state index is 1.15. The summed E-state index contributed by atoms with van der Waals surface area (Å²) in [5.41, 5.74) is 1.15. The van der Waals surface area contributed by atoms with Crippen LogP contribution in [0.15, 0.2) is 18.5 Å². The SMILES string of the molecule is c1cc2s[nH]c2cn1. The first kappa shape index (κ1) is 4.09. The zero-order chi connectivity index (χ0) is 5.40. The molecule has 2 aromatic rings. The molecule has 40 valence electrons. The van der Waals surface area contributed by atoms with Gasteiger partial charge in [-0.2, -0.15) is 0 Å². The van der Waals surface area contributed by atoms with Gasteiger partial charge in [-0.1, -0.05) is 11.5 Å². The van der Waals surface area contributed by atoms with Crippen LogP contribution in [0.5, 0.6) is 0 Å². The molecule has 0 amide bonds. The molecule has 2 rings (SSSR count). The topological polar surface area (TPSA) is 28.7 Å². The van der Waals surface area contributed by atoms with E-state index in [4.69, 9.17) is 0 Å². The van der Waals surface area contributed by atoms with E-state index in [0.29, 0.717) is 0 Å². The fraction of sp³-hybridized carbons (Fsp3) is 0. The summed E-state index contributed by atoms with van der Waals surface area (Å²) < 4.78 is 4.33. The average Bonchev–Trinajstić information content (AvgIpc) is 1.72. The highest BCUT2D eigenvalue weighted by Crippen LogP contribution is 2.16. The van der Waals surface area contributed by atoms with E-state index in [2.05, 4.69) is 9.36 Å². The number of H-pyrrole nitrogens is 1. The summed E-state index contributed by atoms with van der Waals surface area (Å²) in [4.78, 5) is 3.92. The van der Waals surface area contributed by atoms with Gasteiger partial charge in [0.2, 0.25) is 0 Å². The van der Waals surface area contributed by atoms with Gasteiger partial charge in [0.05, 0.1) is 16.4 Å². The smallest absolute Gasteiger partial charge is 0.0849 e. The number of hydrogen-bond donors (Lipinski definition) is 1. The maximum absolute atomic E-state index is 3.92. The Morgan fingerprint density at radius 1 is 1.62 bits per heavy atom. The number of aromatic amines is 1. The van der Waals surface area contributed by atoms with Crippen molar-refractivity contribution in [3.05, 3.63) is 18.5 Å². The zero-order valence-corrected chi connectivity index (χ0v) is 4.90. The van der Waals surface area contributed by atoms with Crippen LogP contribution in [0.25, 0.3) is 10.2 Å². The minimum Gasteiger partial charge on any atom is -0.308 e. The molecule has 0 atom stereocenters. The number of hydrogen-bond acceptors (Lipinski definition) is 2. The van der Waals surface area contributed by atoms with Gasteiger partial charge in [-0.05, 0) is 6.07 Å². The third kappa shape index (κ3) is 0.391. The molecule has 0 saturated heterocycles. The van der Waals surface area contributed by atoms with Crippen LogP contribution in [0.4, 0.5) is 0 Å². The molecule has 0 aliphatic rings. The van der Waals surface area contributed by atoms with Gasteiger partial charge in [0.15, 0.2) is 0 Å². The lowest BCUT2D eigenvalue weighted by Crippen LogP contribution is -1.77. The van der Waals surface area contributed by atoms with Crippen molar-refractivity contribution in [2.45, 2.75) is 0 Å². The van der Waals surface area contributed by atoms with Gasteiger partial charge in [-0.25, -0.2) is 0 Å². The summed E-state index contributed by atoms with van der Waals surface area (Å²) in [6, 6.07) is 2.00. The predicted molar refractivity (Wildman–Crippen MR) is 34.0 cm³/mol. The number of fused-ring (bicyclic) bond motifs is 1. The third-order valence-electron chi connectivity index (χ3n) is 1.05. The second-order valence-corrected chi connectivity index (χ2v) is 2.42. The molecular weight excluding hydrogens is 120 g/mol.